The summed E-state index contributed by atoms with van der Waals surface area (Å²) in [7, 11) is -2.41. The Labute approximate surface area is 121 Å². The highest BCUT2D eigenvalue weighted by Crippen LogP contribution is 2.21. The van der Waals surface area contributed by atoms with Crippen molar-refractivity contribution >= 4 is 21.4 Å². The number of thiophene rings is 1. The van der Waals surface area contributed by atoms with Crippen LogP contribution in [0.2, 0.25) is 0 Å². The molecule has 20 heavy (non-hydrogen) atoms. The van der Waals surface area contributed by atoms with Gasteiger partial charge in [-0.25, -0.2) is 12.8 Å². The van der Waals surface area contributed by atoms with Crippen LogP contribution in [-0.2, 0) is 23.1 Å². The SMILES string of the molecule is CN(Cc1ccsc1)S(=O)(=O)c1ccc(CN)cc1F. The van der Waals surface area contributed by atoms with Crippen LogP contribution in [-0.4, -0.2) is 19.8 Å². The zero-order chi connectivity index (χ0) is 14.8. The summed E-state index contributed by atoms with van der Waals surface area (Å²) in [4.78, 5) is -0.326. The highest BCUT2D eigenvalue weighted by Gasteiger charge is 2.24. The highest BCUT2D eigenvalue weighted by molar-refractivity contribution is 7.89. The number of hydrogen-bond acceptors (Lipinski definition) is 4. The molecule has 7 heteroatoms. The normalized spacial score (nSPS) is 12.0. The van der Waals surface area contributed by atoms with Gasteiger partial charge in [0.05, 0.1) is 0 Å². The van der Waals surface area contributed by atoms with Crippen molar-refractivity contribution in [3.05, 3.63) is 52.0 Å². The minimum Gasteiger partial charge on any atom is -0.326 e. The van der Waals surface area contributed by atoms with Crippen molar-refractivity contribution in [3.8, 4) is 0 Å². The Morgan fingerprint density at radius 3 is 2.60 bits per heavy atom. The zero-order valence-corrected chi connectivity index (χ0v) is 12.5. The van der Waals surface area contributed by atoms with Crippen molar-refractivity contribution in [1.82, 2.24) is 4.31 Å². The molecule has 0 bridgehead atoms. The van der Waals surface area contributed by atoms with Crippen molar-refractivity contribution in [2.24, 2.45) is 5.73 Å². The van der Waals surface area contributed by atoms with E-state index in [9.17, 15) is 12.8 Å². The third-order valence-corrected chi connectivity index (χ3v) is 5.47. The maximum atomic E-state index is 13.9. The first-order chi connectivity index (χ1) is 9.45. The zero-order valence-electron chi connectivity index (χ0n) is 10.9. The molecule has 1 heterocycles. The lowest BCUT2D eigenvalue weighted by Crippen LogP contribution is -2.27. The second-order valence-electron chi connectivity index (χ2n) is 4.36. The van der Waals surface area contributed by atoms with Crippen molar-refractivity contribution < 1.29 is 12.8 Å². The van der Waals surface area contributed by atoms with Gasteiger partial charge in [-0.3, -0.25) is 0 Å². The molecule has 4 nitrogen and oxygen atoms in total. The van der Waals surface area contributed by atoms with Crippen LogP contribution in [0.5, 0.6) is 0 Å². The van der Waals surface area contributed by atoms with Gasteiger partial charge in [-0.2, -0.15) is 15.6 Å². The summed E-state index contributed by atoms with van der Waals surface area (Å²) in [6.07, 6.45) is 0. The van der Waals surface area contributed by atoms with Crippen LogP contribution >= 0.6 is 11.3 Å². The third kappa shape index (κ3) is 3.06. The predicted molar refractivity (Wildman–Crippen MR) is 77.3 cm³/mol. The lowest BCUT2D eigenvalue weighted by Gasteiger charge is -2.17. The fraction of sp³-hybridized carbons (Fsp3) is 0.231. The standard InChI is InChI=1S/C13H15FN2O2S2/c1-16(8-11-4-5-19-9-11)20(17,18)13-3-2-10(7-15)6-12(13)14/h2-6,9H,7-8,15H2,1H3. The van der Waals surface area contributed by atoms with Gasteiger partial charge in [-0.15, -0.1) is 0 Å². The van der Waals surface area contributed by atoms with Crippen molar-refractivity contribution in [3.63, 3.8) is 0 Å². The molecule has 0 saturated heterocycles. The molecule has 0 aliphatic heterocycles. The van der Waals surface area contributed by atoms with E-state index < -0.39 is 15.8 Å². The molecule has 2 aromatic rings. The molecule has 0 aliphatic rings. The number of halogens is 1. The van der Waals surface area contributed by atoms with Gasteiger partial charge < -0.3 is 5.73 Å². The summed E-state index contributed by atoms with van der Waals surface area (Å²) >= 11 is 1.49. The van der Waals surface area contributed by atoms with Gasteiger partial charge in [0.15, 0.2) is 0 Å². The van der Waals surface area contributed by atoms with Gasteiger partial charge in [0.2, 0.25) is 10.0 Å². The maximum Gasteiger partial charge on any atom is 0.246 e. The van der Waals surface area contributed by atoms with E-state index in [0.717, 1.165) is 15.9 Å². The number of benzene rings is 1. The summed E-state index contributed by atoms with van der Waals surface area (Å²) in [5.41, 5.74) is 6.84. The second kappa shape index (κ2) is 6.01. The summed E-state index contributed by atoms with van der Waals surface area (Å²) in [6.45, 7) is 0.381. The van der Waals surface area contributed by atoms with Gasteiger partial charge in [-0.05, 0) is 40.1 Å². The first-order valence-electron chi connectivity index (χ1n) is 5.91. The number of nitrogens with zero attached hydrogens (tertiary/aromatic N) is 1. The largest absolute Gasteiger partial charge is 0.326 e. The first-order valence-corrected chi connectivity index (χ1v) is 8.29. The predicted octanol–water partition coefficient (Wildman–Crippen LogP) is 2.17. The van der Waals surface area contributed by atoms with E-state index in [2.05, 4.69) is 0 Å². The molecular formula is C13H15FN2O2S2. The number of rotatable bonds is 5. The number of sulfonamides is 1. The maximum absolute atomic E-state index is 13.9. The summed E-state index contributed by atoms with van der Waals surface area (Å²) in [5, 5.41) is 3.73. The number of hydrogen-bond donors (Lipinski definition) is 1. The van der Waals surface area contributed by atoms with E-state index in [4.69, 9.17) is 5.73 Å². The molecule has 2 N–H and O–H groups in total. The molecule has 2 rings (SSSR count). The van der Waals surface area contributed by atoms with Crippen LogP contribution in [0.3, 0.4) is 0 Å². The van der Waals surface area contributed by atoms with Gasteiger partial charge >= 0.3 is 0 Å². The van der Waals surface area contributed by atoms with Gasteiger partial charge in [0.1, 0.15) is 10.7 Å². The molecular weight excluding hydrogens is 299 g/mol. The average Bonchev–Trinajstić information content (AvgIpc) is 2.91. The Morgan fingerprint density at radius 1 is 1.30 bits per heavy atom. The highest BCUT2D eigenvalue weighted by atomic mass is 32.2. The molecule has 1 aromatic heterocycles. The van der Waals surface area contributed by atoms with Gasteiger partial charge in [0, 0.05) is 20.1 Å². The monoisotopic (exact) mass is 314 g/mol. The lowest BCUT2D eigenvalue weighted by molar-refractivity contribution is 0.460. The quantitative estimate of drug-likeness (QED) is 0.920. The van der Waals surface area contributed by atoms with E-state index in [1.165, 1.54) is 30.5 Å². The topological polar surface area (TPSA) is 63.4 Å². The minimum atomic E-state index is -3.85. The average molecular weight is 314 g/mol. The van der Waals surface area contributed by atoms with Gasteiger partial charge in [0.25, 0.3) is 0 Å². The Hall–Kier alpha value is -1.28. The van der Waals surface area contributed by atoms with Crippen LogP contribution in [0.1, 0.15) is 11.1 Å². The van der Waals surface area contributed by atoms with Crippen LogP contribution in [0.15, 0.2) is 39.9 Å². The Kier molecular flexibility index (Phi) is 4.54. The molecule has 0 atom stereocenters. The van der Waals surface area contributed by atoms with Crippen LogP contribution in [0.4, 0.5) is 4.39 Å². The van der Waals surface area contributed by atoms with E-state index in [0.29, 0.717) is 5.56 Å². The smallest absolute Gasteiger partial charge is 0.246 e. The summed E-state index contributed by atoms with van der Waals surface area (Å²) < 4.78 is 39.7. The molecule has 108 valence electrons. The minimum absolute atomic E-state index is 0.169. The third-order valence-electron chi connectivity index (χ3n) is 2.91. The van der Waals surface area contributed by atoms with Crippen LogP contribution in [0, 0.1) is 5.82 Å². The van der Waals surface area contributed by atoms with E-state index in [-0.39, 0.29) is 18.0 Å². The fourth-order valence-electron chi connectivity index (χ4n) is 1.77. The molecule has 0 radical (unpaired) electrons. The summed E-state index contributed by atoms with van der Waals surface area (Å²) in [5.74, 6) is -0.773. The van der Waals surface area contributed by atoms with Crippen molar-refractivity contribution in [2.45, 2.75) is 18.0 Å². The lowest BCUT2D eigenvalue weighted by atomic mass is 10.2. The van der Waals surface area contributed by atoms with Crippen LogP contribution in [0.25, 0.3) is 0 Å². The molecule has 0 unspecified atom stereocenters. The first kappa shape index (κ1) is 15.1. The Bertz CT molecular complexity index is 684. The molecule has 0 spiro atoms. The molecule has 1 aromatic carbocycles. The van der Waals surface area contributed by atoms with Crippen molar-refractivity contribution in [2.75, 3.05) is 7.05 Å². The summed E-state index contributed by atoms with van der Waals surface area (Å²) in [6, 6.07) is 5.78. The molecule has 0 saturated carbocycles. The Balaban J connectivity index is 2.30. The molecule has 0 amide bonds. The van der Waals surface area contributed by atoms with Crippen LogP contribution < -0.4 is 5.73 Å². The van der Waals surface area contributed by atoms with Gasteiger partial charge in [-0.1, -0.05) is 6.07 Å². The molecule has 0 aliphatic carbocycles. The molecule has 0 fully saturated rings. The number of nitrogens with two attached hydrogens (primary N) is 1. The van der Waals surface area contributed by atoms with E-state index in [1.807, 2.05) is 16.8 Å². The Morgan fingerprint density at radius 2 is 2.05 bits per heavy atom. The van der Waals surface area contributed by atoms with Crippen molar-refractivity contribution in [1.29, 1.82) is 0 Å². The second-order valence-corrected chi connectivity index (χ2v) is 7.15. The van der Waals surface area contributed by atoms with E-state index in [1.54, 1.807) is 0 Å². The van der Waals surface area contributed by atoms with E-state index >= 15 is 0 Å². The fourth-order valence-corrected chi connectivity index (χ4v) is 3.63.